The fraction of sp³-hybridized carbons (Fsp3) is 0.933. The van der Waals surface area contributed by atoms with E-state index in [1.807, 2.05) is 4.90 Å². The molecule has 2 aliphatic carbocycles. The first kappa shape index (κ1) is 19.0. The molecular formula is C15H28ClN3O3S. The standard InChI is InChI=1S/C15H27N3O3S.ClH/c1-22(20,21)17-13-5-6-18(9-13)15(19)12-7-10-3-2-4-11(8-12)14(10)16;/h10-14,17H,2-9,16H2,1H3;1H. The van der Waals surface area contributed by atoms with E-state index >= 15 is 0 Å². The molecule has 2 saturated carbocycles. The number of hydrogen-bond acceptors (Lipinski definition) is 4. The Morgan fingerprint density at radius 2 is 1.78 bits per heavy atom. The molecule has 0 radical (unpaired) electrons. The minimum Gasteiger partial charge on any atom is -0.341 e. The first-order valence-electron chi connectivity index (χ1n) is 8.35. The normalized spacial score (nSPS) is 37.3. The van der Waals surface area contributed by atoms with Crippen LogP contribution in [0.15, 0.2) is 0 Å². The van der Waals surface area contributed by atoms with Gasteiger partial charge in [-0.1, -0.05) is 6.42 Å². The van der Waals surface area contributed by atoms with E-state index in [4.69, 9.17) is 5.73 Å². The zero-order valence-electron chi connectivity index (χ0n) is 13.6. The number of halogens is 1. The maximum atomic E-state index is 12.8. The Bertz CT molecular complexity index is 528. The van der Waals surface area contributed by atoms with Crippen molar-refractivity contribution in [2.24, 2.45) is 23.5 Å². The molecule has 3 aliphatic rings. The molecule has 1 amide bonds. The molecule has 3 atom stereocenters. The van der Waals surface area contributed by atoms with Crippen molar-refractivity contribution < 1.29 is 13.2 Å². The number of hydrogen-bond donors (Lipinski definition) is 2. The summed E-state index contributed by atoms with van der Waals surface area (Å²) in [5, 5.41) is 0. The van der Waals surface area contributed by atoms with Gasteiger partial charge >= 0.3 is 0 Å². The summed E-state index contributed by atoms with van der Waals surface area (Å²) < 4.78 is 25.2. The third kappa shape index (κ3) is 4.38. The van der Waals surface area contributed by atoms with Crippen LogP contribution >= 0.6 is 12.4 Å². The summed E-state index contributed by atoms with van der Waals surface area (Å²) in [6.07, 6.45) is 7.25. The maximum Gasteiger partial charge on any atom is 0.225 e. The molecule has 0 spiro atoms. The van der Waals surface area contributed by atoms with Gasteiger partial charge in [0.05, 0.1) is 6.26 Å². The minimum atomic E-state index is -3.21. The first-order valence-corrected chi connectivity index (χ1v) is 10.2. The molecule has 134 valence electrons. The molecular weight excluding hydrogens is 338 g/mol. The van der Waals surface area contributed by atoms with Crippen LogP contribution in [0.4, 0.5) is 0 Å². The molecule has 1 saturated heterocycles. The maximum absolute atomic E-state index is 12.8. The highest BCUT2D eigenvalue weighted by molar-refractivity contribution is 7.88. The van der Waals surface area contributed by atoms with Crippen LogP contribution in [-0.2, 0) is 14.8 Å². The van der Waals surface area contributed by atoms with Crippen LogP contribution in [0, 0.1) is 17.8 Å². The van der Waals surface area contributed by atoms with Crippen LogP contribution in [0.25, 0.3) is 0 Å². The molecule has 6 nitrogen and oxygen atoms in total. The fourth-order valence-electron chi connectivity index (χ4n) is 4.61. The molecule has 3 N–H and O–H groups in total. The van der Waals surface area contributed by atoms with Crippen molar-refractivity contribution in [2.75, 3.05) is 19.3 Å². The van der Waals surface area contributed by atoms with E-state index in [0.29, 0.717) is 31.3 Å². The number of carbonyl (C=O) groups excluding carboxylic acids is 1. The third-order valence-electron chi connectivity index (χ3n) is 5.64. The molecule has 0 aromatic carbocycles. The molecule has 0 aromatic heterocycles. The van der Waals surface area contributed by atoms with Crippen molar-refractivity contribution in [3.05, 3.63) is 0 Å². The van der Waals surface area contributed by atoms with Gasteiger partial charge in [0.2, 0.25) is 15.9 Å². The molecule has 3 unspecified atom stereocenters. The Hall–Kier alpha value is -0.370. The van der Waals surface area contributed by atoms with Crippen molar-refractivity contribution in [1.29, 1.82) is 0 Å². The SMILES string of the molecule is CS(=O)(=O)NC1CCN(C(=O)C2CC3CCCC(C2)C3N)C1.Cl. The van der Waals surface area contributed by atoms with E-state index in [2.05, 4.69) is 4.72 Å². The van der Waals surface area contributed by atoms with Gasteiger partial charge in [0.15, 0.2) is 0 Å². The summed E-state index contributed by atoms with van der Waals surface area (Å²) in [5.74, 6) is 1.29. The Balaban J connectivity index is 0.00000192. The van der Waals surface area contributed by atoms with Crippen molar-refractivity contribution in [3.63, 3.8) is 0 Å². The smallest absolute Gasteiger partial charge is 0.225 e. The largest absolute Gasteiger partial charge is 0.341 e. The van der Waals surface area contributed by atoms with Gasteiger partial charge < -0.3 is 10.6 Å². The highest BCUT2D eigenvalue weighted by Crippen LogP contribution is 2.42. The number of likely N-dealkylation sites (tertiary alicyclic amines) is 1. The van der Waals surface area contributed by atoms with Gasteiger partial charge in [-0.3, -0.25) is 4.79 Å². The predicted molar refractivity (Wildman–Crippen MR) is 91.7 cm³/mol. The van der Waals surface area contributed by atoms with E-state index < -0.39 is 10.0 Å². The van der Waals surface area contributed by atoms with Crippen molar-refractivity contribution in [2.45, 2.75) is 50.6 Å². The van der Waals surface area contributed by atoms with Crippen molar-refractivity contribution in [1.82, 2.24) is 9.62 Å². The molecule has 2 bridgehead atoms. The molecule has 1 aliphatic heterocycles. The van der Waals surface area contributed by atoms with Gasteiger partial charge in [-0.05, 0) is 43.9 Å². The summed E-state index contributed by atoms with van der Waals surface area (Å²) in [5.41, 5.74) is 6.29. The predicted octanol–water partition coefficient (Wildman–Crippen LogP) is 0.712. The van der Waals surface area contributed by atoms with Crippen LogP contribution in [0.1, 0.15) is 38.5 Å². The molecule has 1 heterocycles. The number of sulfonamides is 1. The molecule has 0 aromatic rings. The monoisotopic (exact) mass is 365 g/mol. The van der Waals surface area contributed by atoms with Crippen LogP contribution in [0.3, 0.4) is 0 Å². The lowest BCUT2D eigenvalue weighted by atomic mass is 9.65. The summed E-state index contributed by atoms with van der Waals surface area (Å²) >= 11 is 0. The molecule has 8 heteroatoms. The van der Waals surface area contributed by atoms with Crippen LogP contribution in [-0.4, -0.2) is 50.7 Å². The second kappa shape index (κ2) is 7.25. The topological polar surface area (TPSA) is 92.5 Å². The number of amides is 1. The fourth-order valence-corrected chi connectivity index (χ4v) is 5.41. The van der Waals surface area contributed by atoms with E-state index in [-0.39, 0.29) is 36.3 Å². The number of rotatable bonds is 3. The van der Waals surface area contributed by atoms with Crippen LogP contribution < -0.4 is 10.5 Å². The lowest BCUT2D eigenvalue weighted by Gasteiger charge is -2.44. The Morgan fingerprint density at radius 3 is 2.35 bits per heavy atom. The van der Waals surface area contributed by atoms with E-state index in [1.54, 1.807) is 0 Å². The van der Waals surface area contributed by atoms with Gasteiger partial charge in [-0.15, -0.1) is 12.4 Å². The zero-order chi connectivity index (χ0) is 15.9. The molecule has 3 fully saturated rings. The summed E-state index contributed by atoms with van der Waals surface area (Å²) in [6, 6.07) is 0.139. The average Bonchev–Trinajstić information content (AvgIpc) is 2.83. The van der Waals surface area contributed by atoms with Gasteiger partial charge in [0, 0.05) is 31.1 Å². The first-order chi connectivity index (χ1) is 10.3. The van der Waals surface area contributed by atoms with Crippen LogP contribution in [0.2, 0.25) is 0 Å². The Kier molecular flexibility index (Phi) is 5.98. The number of carbonyl (C=O) groups is 1. The van der Waals surface area contributed by atoms with E-state index in [1.165, 1.54) is 12.7 Å². The Labute approximate surface area is 145 Å². The van der Waals surface area contributed by atoms with Crippen molar-refractivity contribution >= 4 is 28.3 Å². The number of fused-ring (bicyclic) bond motifs is 2. The lowest BCUT2D eigenvalue weighted by molar-refractivity contribution is -0.137. The number of nitrogens with zero attached hydrogens (tertiary/aromatic N) is 1. The second-order valence-electron chi connectivity index (χ2n) is 7.36. The summed E-state index contributed by atoms with van der Waals surface area (Å²) in [6.45, 7) is 1.16. The quantitative estimate of drug-likeness (QED) is 0.770. The highest BCUT2D eigenvalue weighted by Gasteiger charge is 2.42. The van der Waals surface area contributed by atoms with Gasteiger partial charge in [0.1, 0.15) is 0 Å². The third-order valence-corrected chi connectivity index (χ3v) is 6.40. The second-order valence-corrected chi connectivity index (χ2v) is 9.14. The molecule has 23 heavy (non-hydrogen) atoms. The minimum absolute atomic E-state index is 0. The zero-order valence-corrected chi connectivity index (χ0v) is 15.2. The Morgan fingerprint density at radius 1 is 1.17 bits per heavy atom. The van der Waals surface area contributed by atoms with Crippen LogP contribution in [0.5, 0.6) is 0 Å². The van der Waals surface area contributed by atoms with Gasteiger partial charge in [0.25, 0.3) is 0 Å². The van der Waals surface area contributed by atoms with Crippen molar-refractivity contribution in [3.8, 4) is 0 Å². The van der Waals surface area contributed by atoms with Gasteiger partial charge in [-0.25, -0.2) is 13.1 Å². The van der Waals surface area contributed by atoms with Gasteiger partial charge in [-0.2, -0.15) is 0 Å². The highest BCUT2D eigenvalue weighted by atomic mass is 35.5. The lowest BCUT2D eigenvalue weighted by Crippen LogP contribution is -2.49. The summed E-state index contributed by atoms with van der Waals surface area (Å²) in [4.78, 5) is 14.6. The number of nitrogens with two attached hydrogens (primary N) is 1. The van der Waals surface area contributed by atoms with E-state index in [9.17, 15) is 13.2 Å². The number of nitrogens with one attached hydrogen (secondary N) is 1. The van der Waals surface area contributed by atoms with E-state index in [0.717, 1.165) is 25.7 Å². The molecule has 3 rings (SSSR count). The average molecular weight is 366 g/mol. The summed E-state index contributed by atoms with van der Waals surface area (Å²) in [7, 11) is -3.21.